The number of carbonyl (C=O) groups excluding carboxylic acids is 2. The Balaban J connectivity index is 1.70. The molecule has 1 N–H and O–H groups in total. The van der Waals surface area contributed by atoms with Gasteiger partial charge in [-0.2, -0.15) is 0 Å². The van der Waals surface area contributed by atoms with Crippen LogP contribution in [0.25, 0.3) is 0 Å². The van der Waals surface area contributed by atoms with Crippen LogP contribution < -0.4 is 15.0 Å². The Morgan fingerprint density at radius 2 is 1.96 bits per heavy atom. The number of nitrogens with one attached hydrogen (secondary N) is 1. The number of para-hydroxylation sites is 1. The van der Waals surface area contributed by atoms with Gasteiger partial charge in [0.15, 0.2) is 0 Å². The first-order chi connectivity index (χ1) is 12.6. The van der Waals surface area contributed by atoms with Gasteiger partial charge in [-0.1, -0.05) is 31.2 Å². The first-order valence-electron chi connectivity index (χ1n) is 8.58. The van der Waals surface area contributed by atoms with Crippen molar-refractivity contribution in [2.75, 3.05) is 24.3 Å². The summed E-state index contributed by atoms with van der Waals surface area (Å²) in [6.07, 6.45) is 0.762. The Morgan fingerprint density at radius 3 is 2.65 bits per heavy atom. The van der Waals surface area contributed by atoms with Gasteiger partial charge in [0.1, 0.15) is 12.3 Å². The highest BCUT2D eigenvalue weighted by molar-refractivity contribution is 8.00. The zero-order chi connectivity index (χ0) is 18.5. The highest BCUT2D eigenvalue weighted by Gasteiger charge is 2.26. The Morgan fingerprint density at radius 1 is 1.23 bits per heavy atom. The van der Waals surface area contributed by atoms with Gasteiger partial charge in [-0.15, -0.1) is 11.8 Å². The van der Waals surface area contributed by atoms with E-state index in [0.29, 0.717) is 5.75 Å². The molecule has 0 radical (unpaired) electrons. The fourth-order valence-electron chi connectivity index (χ4n) is 2.97. The number of rotatable bonds is 6. The van der Waals surface area contributed by atoms with Crippen LogP contribution in [0.15, 0.2) is 53.4 Å². The van der Waals surface area contributed by atoms with Gasteiger partial charge in [-0.25, -0.2) is 0 Å². The SMILES string of the molecule is CC[C@@H](NC(=O)CN1C(=O)CSc2ccccc21)c1ccc(OC)cc1. The summed E-state index contributed by atoms with van der Waals surface area (Å²) in [6, 6.07) is 15.2. The summed E-state index contributed by atoms with van der Waals surface area (Å²) in [4.78, 5) is 27.5. The van der Waals surface area contributed by atoms with Gasteiger partial charge in [0.05, 0.1) is 24.6 Å². The van der Waals surface area contributed by atoms with Crippen molar-refractivity contribution in [1.82, 2.24) is 5.32 Å². The van der Waals surface area contributed by atoms with Crippen LogP contribution in [0.3, 0.4) is 0 Å². The lowest BCUT2D eigenvalue weighted by Crippen LogP contribution is -2.44. The van der Waals surface area contributed by atoms with Crippen molar-refractivity contribution in [1.29, 1.82) is 0 Å². The third-order valence-electron chi connectivity index (χ3n) is 4.37. The van der Waals surface area contributed by atoms with E-state index < -0.39 is 0 Å². The lowest BCUT2D eigenvalue weighted by atomic mass is 10.0. The van der Waals surface area contributed by atoms with Crippen LogP contribution in [0.2, 0.25) is 0 Å². The average molecular weight is 370 g/mol. The largest absolute Gasteiger partial charge is 0.497 e. The maximum absolute atomic E-state index is 12.6. The minimum absolute atomic E-state index is 0.0308. The van der Waals surface area contributed by atoms with Crippen molar-refractivity contribution in [3.05, 3.63) is 54.1 Å². The fourth-order valence-corrected chi connectivity index (χ4v) is 3.90. The van der Waals surface area contributed by atoms with Gasteiger partial charge >= 0.3 is 0 Å². The fraction of sp³-hybridized carbons (Fsp3) is 0.300. The summed E-state index contributed by atoms with van der Waals surface area (Å²) in [5, 5.41) is 3.04. The summed E-state index contributed by atoms with van der Waals surface area (Å²) >= 11 is 1.51. The standard InChI is InChI=1S/C20H22N2O3S/c1-3-16(14-8-10-15(25-2)11-9-14)21-19(23)12-22-17-6-4-5-7-18(17)26-13-20(22)24/h4-11,16H,3,12-13H2,1-2H3,(H,21,23)/t16-/m1/s1. The molecule has 1 aliphatic rings. The van der Waals surface area contributed by atoms with Crippen molar-refractivity contribution in [2.24, 2.45) is 0 Å². The maximum atomic E-state index is 12.6. The zero-order valence-electron chi connectivity index (χ0n) is 14.9. The summed E-state index contributed by atoms with van der Waals surface area (Å²) < 4.78 is 5.18. The Kier molecular flexibility index (Phi) is 5.83. The topological polar surface area (TPSA) is 58.6 Å². The molecule has 1 atom stereocenters. The van der Waals surface area contributed by atoms with Crippen LogP contribution in [-0.2, 0) is 9.59 Å². The molecule has 0 saturated heterocycles. The van der Waals surface area contributed by atoms with Crippen LogP contribution >= 0.6 is 11.8 Å². The number of ether oxygens (including phenoxy) is 1. The van der Waals surface area contributed by atoms with E-state index in [-0.39, 0.29) is 24.4 Å². The number of carbonyl (C=O) groups is 2. The van der Waals surface area contributed by atoms with E-state index >= 15 is 0 Å². The minimum atomic E-state index is -0.164. The number of thioether (sulfide) groups is 1. The molecule has 5 nitrogen and oxygen atoms in total. The van der Waals surface area contributed by atoms with Crippen molar-refractivity contribution in [3.8, 4) is 5.75 Å². The summed E-state index contributed by atoms with van der Waals surface area (Å²) in [6.45, 7) is 2.05. The number of nitrogens with zero attached hydrogens (tertiary/aromatic N) is 1. The quantitative estimate of drug-likeness (QED) is 0.847. The molecule has 0 fully saturated rings. The van der Waals surface area contributed by atoms with Gasteiger partial charge in [-0.05, 0) is 36.2 Å². The molecule has 0 spiro atoms. The monoisotopic (exact) mass is 370 g/mol. The maximum Gasteiger partial charge on any atom is 0.240 e. The van der Waals surface area contributed by atoms with E-state index in [1.807, 2.05) is 55.5 Å². The number of anilines is 1. The molecule has 2 aromatic rings. The third-order valence-corrected chi connectivity index (χ3v) is 5.42. The first kappa shape index (κ1) is 18.3. The lowest BCUT2D eigenvalue weighted by molar-refractivity contribution is -0.123. The summed E-state index contributed by atoms with van der Waals surface area (Å²) in [5.74, 6) is 0.937. The molecular weight excluding hydrogens is 348 g/mol. The van der Waals surface area contributed by atoms with E-state index in [1.165, 1.54) is 11.8 Å². The first-order valence-corrected chi connectivity index (χ1v) is 9.56. The second-order valence-electron chi connectivity index (χ2n) is 6.04. The summed E-state index contributed by atoms with van der Waals surface area (Å²) in [7, 11) is 1.62. The van der Waals surface area contributed by atoms with Crippen LogP contribution in [0.1, 0.15) is 24.9 Å². The Labute approximate surface area is 157 Å². The predicted molar refractivity (Wildman–Crippen MR) is 104 cm³/mol. The smallest absolute Gasteiger partial charge is 0.240 e. The highest BCUT2D eigenvalue weighted by atomic mass is 32.2. The molecule has 0 aromatic heterocycles. The third kappa shape index (κ3) is 4.02. The Hall–Kier alpha value is -2.47. The molecule has 2 amide bonds. The molecule has 3 rings (SSSR count). The molecule has 0 bridgehead atoms. The minimum Gasteiger partial charge on any atom is -0.497 e. The van der Waals surface area contributed by atoms with Crippen LogP contribution in [0.4, 0.5) is 5.69 Å². The predicted octanol–water partition coefficient (Wildman–Crippen LogP) is 3.40. The highest BCUT2D eigenvalue weighted by Crippen LogP contribution is 2.34. The summed E-state index contributed by atoms with van der Waals surface area (Å²) in [5.41, 5.74) is 1.82. The second kappa shape index (κ2) is 8.27. The van der Waals surface area contributed by atoms with E-state index in [0.717, 1.165) is 28.3 Å². The lowest BCUT2D eigenvalue weighted by Gasteiger charge is -2.29. The van der Waals surface area contributed by atoms with Gasteiger partial charge in [-0.3, -0.25) is 9.59 Å². The number of benzene rings is 2. The second-order valence-corrected chi connectivity index (χ2v) is 7.05. The molecule has 136 valence electrons. The van der Waals surface area contributed by atoms with E-state index in [4.69, 9.17) is 4.74 Å². The van der Waals surface area contributed by atoms with Crippen molar-refractivity contribution < 1.29 is 14.3 Å². The normalized spacial score (nSPS) is 14.5. The average Bonchev–Trinajstić information content (AvgIpc) is 2.68. The van der Waals surface area contributed by atoms with Crippen molar-refractivity contribution in [2.45, 2.75) is 24.3 Å². The number of methoxy groups -OCH3 is 1. The van der Waals surface area contributed by atoms with Crippen molar-refractivity contribution in [3.63, 3.8) is 0 Å². The van der Waals surface area contributed by atoms with E-state index in [9.17, 15) is 9.59 Å². The van der Waals surface area contributed by atoms with Gasteiger partial charge in [0, 0.05) is 4.90 Å². The molecular formula is C20H22N2O3S. The van der Waals surface area contributed by atoms with E-state index in [1.54, 1.807) is 12.0 Å². The van der Waals surface area contributed by atoms with Crippen LogP contribution in [0, 0.1) is 0 Å². The number of hydrogen-bond acceptors (Lipinski definition) is 4. The molecule has 0 saturated carbocycles. The van der Waals surface area contributed by atoms with Gasteiger partial charge in [0.2, 0.25) is 11.8 Å². The van der Waals surface area contributed by atoms with Gasteiger partial charge < -0.3 is 15.0 Å². The molecule has 1 heterocycles. The van der Waals surface area contributed by atoms with Crippen molar-refractivity contribution >= 4 is 29.3 Å². The molecule has 1 aliphatic heterocycles. The molecule has 0 aliphatic carbocycles. The number of fused-ring (bicyclic) bond motifs is 1. The van der Waals surface area contributed by atoms with E-state index in [2.05, 4.69) is 5.32 Å². The number of amides is 2. The van der Waals surface area contributed by atoms with Gasteiger partial charge in [0.25, 0.3) is 0 Å². The molecule has 2 aromatic carbocycles. The van der Waals surface area contributed by atoms with Crippen LogP contribution in [-0.4, -0.2) is 31.2 Å². The molecule has 26 heavy (non-hydrogen) atoms. The van der Waals surface area contributed by atoms with Crippen LogP contribution in [0.5, 0.6) is 5.75 Å². The number of hydrogen-bond donors (Lipinski definition) is 1. The molecule has 6 heteroatoms. The Bertz CT molecular complexity index is 792. The molecule has 0 unspecified atom stereocenters. The zero-order valence-corrected chi connectivity index (χ0v) is 15.7.